The highest BCUT2D eigenvalue weighted by molar-refractivity contribution is 6.34. The largest absolute Gasteiger partial charge is 0.395 e. The Kier molecular flexibility index (Phi) is 7.38. The van der Waals surface area contributed by atoms with E-state index in [9.17, 15) is 9.59 Å². The number of nitrogens with one attached hydrogen (secondary N) is 1. The summed E-state index contributed by atoms with van der Waals surface area (Å²) in [6.45, 7) is 0.103. The number of nitrogens with two attached hydrogens (primary N) is 1. The van der Waals surface area contributed by atoms with Crippen LogP contribution < -0.4 is 11.1 Å². The van der Waals surface area contributed by atoms with E-state index in [4.69, 9.17) is 15.9 Å². The molecule has 0 aliphatic carbocycles. The van der Waals surface area contributed by atoms with Gasteiger partial charge in [-0.15, -0.1) is 0 Å². The summed E-state index contributed by atoms with van der Waals surface area (Å²) in [5.74, 6) is -1.54. The van der Waals surface area contributed by atoms with Crippen molar-refractivity contribution in [1.29, 1.82) is 0 Å². The molecule has 21 heavy (non-hydrogen) atoms. The topological polar surface area (TPSA) is 116 Å². The summed E-state index contributed by atoms with van der Waals surface area (Å²) < 4.78 is 0. The van der Waals surface area contributed by atoms with E-state index >= 15 is 0 Å². The quantitative estimate of drug-likeness (QED) is 0.461. The van der Waals surface area contributed by atoms with Gasteiger partial charge in [0.2, 0.25) is 0 Å². The standard InChI is InChI=1S/C14H21N3O4/c15-9-11-2-1-3-12(8-11)10-16-13(20)14(21)17(4-6-18)5-7-19/h1-3,8,18-19H,4-7,9-10,15H2,(H,16,20). The number of hydrogen-bond donors (Lipinski definition) is 4. The maximum absolute atomic E-state index is 11.8. The van der Waals surface area contributed by atoms with Crippen LogP contribution in [-0.4, -0.2) is 53.2 Å². The third kappa shape index (κ3) is 5.50. The van der Waals surface area contributed by atoms with E-state index in [1.807, 2.05) is 24.3 Å². The fourth-order valence-corrected chi connectivity index (χ4v) is 1.82. The van der Waals surface area contributed by atoms with Crippen LogP contribution in [-0.2, 0) is 22.7 Å². The van der Waals surface area contributed by atoms with E-state index in [-0.39, 0.29) is 32.8 Å². The van der Waals surface area contributed by atoms with Crippen molar-refractivity contribution in [3.8, 4) is 0 Å². The molecule has 0 aromatic heterocycles. The molecule has 0 atom stereocenters. The molecule has 0 heterocycles. The Hall–Kier alpha value is -1.96. The van der Waals surface area contributed by atoms with E-state index in [0.717, 1.165) is 16.0 Å². The Balaban J connectivity index is 2.56. The molecule has 116 valence electrons. The van der Waals surface area contributed by atoms with Crippen molar-refractivity contribution in [3.05, 3.63) is 35.4 Å². The predicted octanol–water partition coefficient (Wildman–Crippen LogP) is -1.43. The number of aliphatic hydroxyl groups excluding tert-OH is 2. The number of amides is 2. The molecule has 0 fully saturated rings. The minimum atomic E-state index is -0.770. The van der Waals surface area contributed by atoms with E-state index in [1.54, 1.807) is 0 Å². The van der Waals surface area contributed by atoms with Crippen molar-refractivity contribution in [1.82, 2.24) is 10.2 Å². The average Bonchev–Trinajstić information content (AvgIpc) is 2.51. The third-order valence-corrected chi connectivity index (χ3v) is 2.90. The summed E-state index contributed by atoms with van der Waals surface area (Å²) in [5, 5.41) is 20.2. The first-order chi connectivity index (χ1) is 10.1. The van der Waals surface area contributed by atoms with Gasteiger partial charge in [0, 0.05) is 26.2 Å². The van der Waals surface area contributed by atoms with Crippen molar-refractivity contribution >= 4 is 11.8 Å². The second-order valence-electron chi connectivity index (χ2n) is 4.45. The van der Waals surface area contributed by atoms with Crippen molar-refractivity contribution in [2.24, 2.45) is 5.73 Å². The third-order valence-electron chi connectivity index (χ3n) is 2.90. The molecule has 7 nitrogen and oxygen atoms in total. The molecule has 1 aromatic rings. The van der Waals surface area contributed by atoms with E-state index in [0.29, 0.717) is 6.54 Å². The van der Waals surface area contributed by atoms with Gasteiger partial charge in [0.05, 0.1) is 13.2 Å². The van der Waals surface area contributed by atoms with Crippen LogP contribution in [0, 0.1) is 0 Å². The summed E-state index contributed by atoms with van der Waals surface area (Å²) in [7, 11) is 0. The first-order valence-corrected chi connectivity index (χ1v) is 6.69. The summed E-state index contributed by atoms with van der Waals surface area (Å²) in [4.78, 5) is 24.7. The summed E-state index contributed by atoms with van der Waals surface area (Å²) in [6, 6.07) is 7.38. The van der Waals surface area contributed by atoms with Gasteiger partial charge in [-0.2, -0.15) is 0 Å². The number of rotatable bonds is 7. The highest BCUT2D eigenvalue weighted by atomic mass is 16.3. The Morgan fingerprint density at radius 3 is 2.33 bits per heavy atom. The van der Waals surface area contributed by atoms with Crippen molar-refractivity contribution < 1.29 is 19.8 Å². The fraction of sp³-hybridized carbons (Fsp3) is 0.429. The molecule has 1 rings (SSSR count). The van der Waals surface area contributed by atoms with Gasteiger partial charge in [-0.1, -0.05) is 24.3 Å². The van der Waals surface area contributed by atoms with Crippen LogP contribution in [0.5, 0.6) is 0 Å². The molecule has 0 radical (unpaired) electrons. The molecule has 0 saturated carbocycles. The van der Waals surface area contributed by atoms with Gasteiger partial charge in [0.1, 0.15) is 0 Å². The molecule has 0 aliphatic rings. The van der Waals surface area contributed by atoms with E-state index in [2.05, 4.69) is 5.32 Å². The SMILES string of the molecule is NCc1cccc(CNC(=O)C(=O)N(CCO)CCO)c1. The van der Waals surface area contributed by atoms with Crippen LogP contribution in [0.2, 0.25) is 0 Å². The highest BCUT2D eigenvalue weighted by Gasteiger charge is 2.20. The Labute approximate surface area is 123 Å². The molecule has 7 heteroatoms. The highest BCUT2D eigenvalue weighted by Crippen LogP contribution is 2.04. The minimum Gasteiger partial charge on any atom is -0.395 e. The smallest absolute Gasteiger partial charge is 0.312 e. The zero-order valence-electron chi connectivity index (χ0n) is 11.8. The summed E-state index contributed by atoms with van der Waals surface area (Å²) in [6.07, 6.45) is 0. The van der Waals surface area contributed by atoms with Crippen LogP contribution in [0.15, 0.2) is 24.3 Å². The molecule has 5 N–H and O–H groups in total. The Morgan fingerprint density at radius 1 is 1.14 bits per heavy atom. The Morgan fingerprint density at radius 2 is 1.76 bits per heavy atom. The van der Waals surface area contributed by atoms with Crippen LogP contribution in [0.3, 0.4) is 0 Å². The number of benzene rings is 1. The number of hydrogen-bond acceptors (Lipinski definition) is 5. The molecule has 0 aliphatic heterocycles. The maximum Gasteiger partial charge on any atom is 0.312 e. The minimum absolute atomic E-state index is 0.00940. The molecule has 1 aromatic carbocycles. The lowest BCUT2D eigenvalue weighted by molar-refractivity contribution is -0.146. The van der Waals surface area contributed by atoms with Gasteiger partial charge < -0.3 is 26.2 Å². The molecule has 0 spiro atoms. The number of carbonyl (C=O) groups is 2. The van der Waals surface area contributed by atoms with Crippen molar-refractivity contribution in [2.75, 3.05) is 26.3 Å². The van der Waals surface area contributed by atoms with Gasteiger partial charge in [-0.3, -0.25) is 9.59 Å². The lowest BCUT2D eigenvalue weighted by Crippen LogP contribution is -2.45. The average molecular weight is 295 g/mol. The Bertz CT molecular complexity index is 473. The molecule has 0 saturated heterocycles. The lowest BCUT2D eigenvalue weighted by Gasteiger charge is -2.19. The normalized spacial score (nSPS) is 10.2. The summed E-state index contributed by atoms with van der Waals surface area (Å²) >= 11 is 0. The van der Waals surface area contributed by atoms with Crippen LogP contribution >= 0.6 is 0 Å². The molecule has 0 bridgehead atoms. The van der Waals surface area contributed by atoms with Crippen LogP contribution in [0.1, 0.15) is 11.1 Å². The number of carbonyl (C=O) groups excluding carboxylic acids is 2. The van der Waals surface area contributed by atoms with E-state index in [1.165, 1.54) is 0 Å². The van der Waals surface area contributed by atoms with Crippen molar-refractivity contribution in [2.45, 2.75) is 13.1 Å². The fourth-order valence-electron chi connectivity index (χ4n) is 1.82. The van der Waals surface area contributed by atoms with Crippen LogP contribution in [0.4, 0.5) is 0 Å². The molecule has 0 unspecified atom stereocenters. The number of nitrogens with zero attached hydrogens (tertiary/aromatic N) is 1. The van der Waals surface area contributed by atoms with Gasteiger partial charge in [-0.05, 0) is 11.1 Å². The summed E-state index contributed by atoms with van der Waals surface area (Å²) in [5.41, 5.74) is 7.32. The van der Waals surface area contributed by atoms with Crippen molar-refractivity contribution in [3.63, 3.8) is 0 Å². The van der Waals surface area contributed by atoms with Crippen LogP contribution in [0.25, 0.3) is 0 Å². The monoisotopic (exact) mass is 295 g/mol. The zero-order chi connectivity index (χ0) is 15.7. The first-order valence-electron chi connectivity index (χ1n) is 6.69. The van der Waals surface area contributed by atoms with Gasteiger partial charge in [0.25, 0.3) is 0 Å². The molecular weight excluding hydrogens is 274 g/mol. The molecule has 2 amide bonds. The number of aliphatic hydroxyl groups is 2. The second kappa shape index (κ2) is 9.06. The second-order valence-corrected chi connectivity index (χ2v) is 4.45. The predicted molar refractivity (Wildman–Crippen MR) is 76.9 cm³/mol. The lowest BCUT2D eigenvalue weighted by atomic mass is 10.1. The van der Waals surface area contributed by atoms with Gasteiger partial charge in [0.15, 0.2) is 0 Å². The van der Waals surface area contributed by atoms with Gasteiger partial charge in [-0.25, -0.2) is 0 Å². The zero-order valence-corrected chi connectivity index (χ0v) is 11.8. The van der Waals surface area contributed by atoms with Gasteiger partial charge >= 0.3 is 11.8 Å². The maximum atomic E-state index is 11.8. The first kappa shape index (κ1) is 17.1. The van der Waals surface area contributed by atoms with E-state index < -0.39 is 11.8 Å². The molecular formula is C14H21N3O4.